The first kappa shape index (κ1) is 26.3. The van der Waals surface area contributed by atoms with E-state index in [4.69, 9.17) is 0 Å². The fourth-order valence-electron chi connectivity index (χ4n) is 5.80. The second kappa shape index (κ2) is 11.1. The number of hydrogen-bond acceptors (Lipinski definition) is 0. The average Bonchev–Trinajstić information content (AvgIpc) is 2.89. The topological polar surface area (TPSA) is 0 Å². The van der Waals surface area contributed by atoms with Gasteiger partial charge < -0.3 is 0 Å². The van der Waals surface area contributed by atoms with Gasteiger partial charge in [-0.25, -0.2) is 26.3 Å². The van der Waals surface area contributed by atoms with Crippen LogP contribution in [0.15, 0.2) is 42.5 Å². The van der Waals surface area contributed by atoms with Crippen LogP contribution in [0, 0.1) is 46.7 Å². The van der Waals surface area contributed by atoms with E-state index in [9.17, 15) is 4.39 Å². The van der Waals surface area contributed by atoms with Gasteiger partial charge in [0, 0.05) is 16.7 Å². The Balaban J connectivity index is 1.77. The summed E-state index contributed by atoms with van der Waals surface area (Å²) in [5.74, 6) is -10.1. The molecule has 3 unspecified atom stereocenters. The van der Waals surface area contributed by atoms with Gasteiger partial charge in [-0.15, -0.1) is 0 Å². The third-order valence-corrected chi connectivity index (χ3v) is 7.73. The molecule has 36 heavy (non-hydrogen) atoms. The van der Waals surface area contributed by atoms with Crippen LogP contribution in [0.1, 0.15) is 70.3 Å². The predicted molar refractivity (Wildman–Crippen MR) is 130 cm³/mol. The molecule has 3 aromatic rings. The van der Waals surface area contributed by atoms with Gasteiger partial charge in [0.2, 0.25) is 0 Å². The smallest absolute Gasteiger partial charge is 0.170 e. The van der Waals surface area contributed by atoms with Crippen molar-refractivity contribution in [2.24, 2.45) is 11.8 Å². The molecule has 0 nitrogen and oxygen atoms in total. The first-order valence-electron chi connectivity index (χ1n) is 12.7. The van der Waals surface area contributed by atoms with Gasteiger partial charge in [-0.1, -0.05) is 94.8 Å². The Hall–Kier alpha value is -2.76. The van der Waals surface area contributed by atoms with Crippen LogP contribution in [0.3, 0.4) is 0 Å². The Morgan fingerprint density at radius 2 is 1.31 bits per heavy atom. The highest BCUT2D eigenvalue weighted by Gasteiger charge is 2.36. The van der Waals surface area contributed by atoms with Gasteiger partial charge in [0.05, 0.1) is 5.56 Å². The van der Waals surface area contributed by atoms with Gasteiger partial charge in [-0.3, -0.25) is 0 Å². The van der Waals surface area contributed by atoms with Gasteiger partial charge in [-0.05, 0) is 29.7 Å². The van der Waals surface area contributed by atoms with Crippen molar-refractivity contribution in [2.75, 3.05) is 0 Å². The lowest BCUT2D eigenvalue weighted by atomic mass is 9.69. The van der Waals surface area contributed by atoms with Crippen molar-refractivity contribution in [3.8, 4) is 22.3 Å². The van der Waals surface area contributed by atoms with Crippen LogP contribution in [0.2, 0.25) is 0 Å². The molecule has 3 atom stereocenters. The lowest BCUT2D eigenvalue weighted by molar-refractivity contribution is 0.187. The van der Waals surface area contributed by atoms with Gasteiger partial charge in [0.25, 0.3) is 0 Å². The van der Waals surface area contributed by atoms with Crippen LogP contribution in [-0.2, 0) is 0 Å². The van der Waals surface area contributed by atoms with Crippen molar-refractivity contribution in [3.63, 3.8) is 0 Å². The molecule has 1 saturated carbocycles. The fourth-order valence-corrected chi connectivity index (χ4v) is 5.80. The minimum atomic E-state index is -1.71. The van der Waals surface area contributed by atoms with E-state index in [0.29, 0.717) is 5.56 Å². The Morgan fingerprint density at radius 1 is 0.722 bits per heavy atom. The summed E-state index contributed by atoms with van der Waals surface area (Å²) in [5, 5.41) is 0. The van der Waals surface area contributed by atoms with Gasteiger partial charge in [0.15, 0.2) is 34.9 Å². The van der Waals surface area contributed by atoms with Gasteiger partial charge >= 0.3 is 0 Å². The SMILES string of the molecule is CCCCC1CCCCC1C(C)c1c(F)c(F)c(-c2ccc(-c3ccccc3)c(F)c2F)c(F)c1F. The molecule has 6 heteroatoms. The molecular weight excluding hydrogens is 474 g/mol. The summed E-state index contributed by atoms with van der Waals surface area (Å²) in [7, 11) is 0. The minimum Gasteiger partial charge on any atom is -0.203 e. The summed E-state index contributed by atoms with van der Waals surface area (Å²) in [6.45, 7) is 3.67. The monoisotopic (exact) mass is 504 g/mol. The van der Waals surface area contributed by atoms with Crippen LogP contribution in [0.4, 0.5) is 26.3 Å². The van der Waals surface area contributed by atoms with Gasteiger partial charge in [0.1, 0.15) is 0 Å². The van der Waals surface area contributed by atoms with E-state index in [2.05, 4.69) is 6.92 Å². The zero-order chi connectivity index (χ0) is 26.0. The molecule has 0 heterocycles. The average molecular weight is 505 g/mol. The molecule has 0 saturated heterocycles. The zero-order valence-electron chi connectivity index (χ0n) is 20.5. The van der Waals surface area contributed by atoms with Crippen molar-refractivity contribution < 1.29 is 26.3 Å². The Bertz CT molecular complexity index is 1190. The number of unbranched alkanes of at least 4 members (excludes halogenated alkanes) is 1. The third-order valence-electron chi connectivity index (χ3n) is 7.73. The van der Waals surface area contributed by atoms with E-state index in [0.717, 1.165) is 57.1 Å². The summed E-state index contributed by atoms with van der Waals surface area (Å²) in [6.07, 6.45) is 6.42. The Kier molecular flexibility index (Phi) is 8.11. The van der Waals surface area contributed by atoms with Crippen LogP contribution in [0.25, 0.3) is 22.3 Å². The largest absolute Gasteiger partial charge is 0.203 e. The number of halogens is 6. The van der Waals surface area contributed by atoms with Crippen LogP contribution in [-0.4, -0.2) is 0 Å². The molecule has 0 N–H and O–H groups in total. The van der Waals surface area contributed by atoms with E-state index in [1.54, 1.807) is 37.3 Å². The highest BCUT2D eigenvalue weighted by Crippen LogP contribution is 2.45. The third kappa shape index (κ3) is 4.79. The first-order chi connectivity index (χ1) is 17.3. The Morgan fingerprint density at radius 3 is 1.94 bits per heavy atom. The second-order valence-electron chi connectivity index (χ2n) is 9.84. The zero-order valence-corrected chi connectivity index (χ0v) is 20.5. The molecule has 4 rings (SSSR count). The molecule has 1 fully saturated rings. The lowest BCUT2D eigenvalue weighted by Gasteiger charge is -2.36. The van der Waals surface area contributed by atoms with Crippen molar-refractivity contribution in [2.45, 2.75) is 64.7 Å². The maximum atomic E-state index is 15.4. The molecule has 0 aliphatic heterocycles. The molecule has 3 aromatic carbocycles. The summed E-state index contributed by atoms with van der Waals surface area (Å²) in [5.41, 5.74) is -2.52. The molecule has 0 radical (unpaired) electrons. The molecule has 0 spiro atoms. The standard InChI is InChI=1S/C30H30F6/c1-3-4-10-18-13-8-9-14-20(18)17(2)23-27(33)29(35)24(30(36)28(23)34)22-16-15-21(25(31)26(22)32)19-11-6-5-7-12-19/h5-7,11-12,15-18,20H,3-4,8-10,13-14H2,1-2H3. The summed E-state index contributed by atoms with van der Waals surface area (Å²) in [4.78, 5) is 0. The molecule has 0 amide bonds. The maximum absolute atomic E-state index is 15.4. The molecule has 192 valence electrons. The lowest BCUT2D eigenvalue weighted by Crippen LogP contribution is -2.26. The molecule has 1 aliphatic rings. The van der Waals surface area contributed by atoms with Crippen LogP contribution in [0.5, 0.6) is 0 Å². The minimum absolute atomic E-state index is 0.113. The molecule has 0 aromatic heterocycles. The van der Waals surface area contributed by atoms with Crippen molar-refractivity contribution in [1.82, 2.24) is 0 Å². The quantitative estimate of drug-likeness (QED) is 0.222. The second-order valence-corrected chi connectivity index (χ2v) is 9.84. The van der Waals surface area contributed by atoms with E-state index in [-0.39, 0.29) is 17.4 Å². The van der Waals surface area contributed by atoms with Crippen molar-refractivity contribution >= 4 is 0 Å². The summed E-state index contributed by atoms with van der Waals surface area (Å²) < 4.78 is 91.2. The highest BCUT2D eigenvalue weighted by molar-refractivity contribution is 5.73. The van der Waals surface area contributed by atoms with Gasteiger partial charge in [-0.2, -0.15) is 0 Å². The van der Waals surface area contributed by atoms with Crippen LogP contribution < -0.4 is 0 Å². The van der Waals surface area contributed by atoms with E-state index >= 15 is 22.0 Å². The normalized spacial score (nSPS) is 18.9. The highest BCUT2D eigenvalue weighted by atomic mass is 19.2. The molecular formula is C30H30F6. The first-order valence-corrected chi connectivity index (χ1v) is 12.7. The number of rotatable bonds is 7. The Labute approximate surface area is 208 Å². The maximum Gasteiger partial charge on any atom is 0.170 e. The van der Waals surface area contributed by atoms with Crippen molar-refractivity contribution in [1.29, 1.82) is 0 Å². The van der Waals surface area contributed by atoms with Crippen LogP contribution >= 0.6 is 0 Å². The number of hydrogen-bond donors (Lipinski definition) is 0. The summed E-state index contributed by atoms with van der Waals surface area (Å²) >= 11 is 0. The fraction of sp³-hybridized carbons (Fsp3) is 0.400. The molecule has 0 bridgehead atoms. The number of benzene rings is 3. The predicted octanol–water partition coefficient (Wildman–Crippen LogP) is 9.96. The van der Waals surface area contributed by atoms with Crippen molar-refractivity contribution in [3.05, 3.63) is 82.9 Å². The van der Waals surface area contributed by atoms with E-state index in [1.807, 2.05) is 0 Å². The van der Waals surface area contributed by atoms with E-state index in [1.165, 1.54) is 0 Å². The summed E-state index contributed by atoms with van der Waals surface area (Å²) in [6, 6.07) is 10.2. The van der Waals surface area contributed by atoms with E-state index < -0.39 is 57.5 Å². The molecule has 1 aliphatic carbocycles.